The molecule has 0 radical (unpaired) electrons. The number of Topliss-reactive ketones (excluding diaryl/α,β-unsaturated/α-hetero) is 1. The van der Waals surface area contributed by atoms with Crippen LogP contribution >= 0.6 is 11.6 Å². The van der Waals surface area contributed by atoms with E-state index in [9.17, 15) is 14.4 Å². The van der Waals surface area contributed by atoms with Gasteiger partial charge in [-0.2, -0.15) is 0 Å². The van der Waals surface area contributed by atoms with E-state index in [1.54, 1.807) is 37.3 Å². The molecule has 2 aliphatic carbocycles. The second-order valence-electron chi connectivity index (χ2n) is 8.61. The van der Waals surface area contributed by atoms with Crippen molar-refractivity contribution >= 4 is 34.9 Å². The van der Waals surface area contributed by atoms with E-state index in [1.807, 2.05) is 19.1 Å². The maximum Gasteiger partial charge on any atom is 0.238 e. The lowest BCUT2D eigenvalue weighted by Crippen LogP contribution is -2.34. The van der Waals surface area contributed by atoms with Crippen LogP contribution in [0.15, 0.2) is 54.6 Å². The topological polar surface area (TPSA) is 63.7 Å². The number of hydrogen-bond acceptors (Lipinski definition) is 4. The summed E-state index contributed by atoms with van der Waals surface area (Å²) in [5.41, 5.74) is 1.91. The molecule has 1 saturated heterocycles. The summed E-state index contributed by atoms with van der Waals surface area (Å²) >= 11 is 6.21. The normalized spacial score (nSPS) is 27.0. The molecule has 5 rings (SSSR count). The lowest BCUT2D eigenvalue weighted by molar-refractivity contribution is -0.123. The molecule has 2 aromatic carbocycles. The lowest BCUT2D eigenvalue weighted by Gasteiger charge is -2.23. The fourth-order valence-corrected chi connectivity index (χ4v) is 5.27. The zero-order valence-corrected chi connectivity index (χ0v) is 18.0. The average Bonchev–Trinajstić information content (AvgIpc) is 3.43. The molecule has 3 aliphatic rings. The second kappa shape index (κ2) is 7.34. The van der Waals surface area contributed by atoms with Gasteiger partial charge in [-0.1, -0.05) is 53.6 Å². The number of amides is 2. The van der Waals surface area contributed by atoms with Crippen molar-refractivity contribution in [2.24, 2.45) is 23.7 Å². The van der Waals surface area contributed by atoms with Gasteiger partial charge in [-0.15, -0.1) is 0 Å². The third-order valence-corrected chi connectivity index (χ3v) is 6.88. The number of benzene rings is 2. The van der Waals surface area contributed by atoms with Crippen molar-refractivity contribution in [3.8, 4) is 5.75 Å². The summed E-state index contributed by atoms with van der Waals surface area (Å²) in [5, 5.41) is 0.388. The van der Waals surface area contributed by atoms with Crippen molar-refractivity contribution in [2.45, 2.75) is 26.4 Å². The number of ether oxygens (including phenoxy) is 1. The number of fused-ring (bicyclic) bond motifs is 5. The zero-order valence-electron chi connectivity index (χ0n) is 17.2. The highest BCUT2D eigenvalue weighted by Gasteiger charge is 2.60. The number of anilines is 1. The number of halogens is 1. The van der Waals surface area contributed by atoms with E-state index in [-0.39, 0.29) is 41.3 Å². The molecule has 2 bridgehead atoms. The third kappa shape index (κ3) is 3.19. The molecule has 0 unspecified atom stereocenters. The molecule has 5 nitrogen and oxygen atoms in total. The molecular formula is C25H22ClNO4. The van der Waals surface area contributed by atoms with Gasteiger partial charge in [0, 0.05) is 10.6 Å². The number of hydrogen-bond donors (Lipinski definition) is 0. The SMILES string of the molecule is Cc1ccc(C(=O)[C@H](C)Oc2ccc(Cl)cc2N2C(=O)[C@@H]3[C@H](C2=O)[C@@H]2C=C[C@H]3C2)cc1. The molecular weight excluding hydrogens is 414 g/mol. The van der Waals surface area contributed by atoms with E-state index in [0.29, 0.717) is 22.0 Å². The number of carbonyl (C=O) groups excluding carboxylic acids is 3. The van der Waals surface area contributed by atoms with Gasteiger partial charge < -0.3 is 4.74 Å². The number of rotatable bonds is 5. The Kier molecular flexibility index (Phi) is 4.74. The van der Waals surface area contributed by atoms with Crippen LogP contribution in [0.4, 0.5) is 5.69 Å². The van der Waals surface area contributed by atoms with E-state index in [4.69, 9.17) is 16.3 Å². The van der Waals surface area contributed by atoms with Crippen LogP contribution in [-0.4, -0.2) is 23.7 Å². The summed E-state index contributed by atoms with van der Waals surface area (Å²) in [7, 11) is 0. The van der Waals surface area contributed by atoms with Gasteiger partial charge in [-0.25, -0.2) is 4.90 Å². The molecule has 31 heavy (non-hydrogen) atoms. The fourth-order valence-electron chi connectivity index (χ4n) is 5.10. The van der Waals surface area contributed by atoms with Gasteiger partial charge in [0.05, 0.1) is 17.5 Å². The summed E-state index contributed by atoms with van der Waals surface area (Å²) in [6, 6.07) is 12.1. The Balaban J connectivity index is 1.44. The van der Waals surface area contributed by atoms with Crippen LogP contribution in [0.1, 0.15) is 29.3 Å². The molecule has 1 saturated carbocycles. The summed E-state index contributed by atoms with van der Waals surface area (Å²) in [6.07, 6.45) is 4.17. The average molecular weight is 436 g/mol. The molecule has 2 amide bonds. The van der Waals surface area contributed by atoms with Crippen molar-refractivity contribution in [1.82, 2.24) is 0 Å². The van der Waals surface area contributed by atoms with Crippen LogP contribution in [-0.2, 0) is 9.59 Å². The number of carbonyl (C=O) groups is 3. The first-order valence-electron chi connectivity index (χ1n) is 10.5. The van der Waals surface area contributed by atoms with Gasteiger partial charge in [0.1, 0.15) is 5.75 Å². The summed E-state index contributed by atoms with van der Waals surface area (Å²) in [5.74, 6) is -0.725. The van der Waals surface area contributed by atoms with Gasteiger partial charge in [0.2, 0.25) is 17.6 Å². The molecule has 0 N–H and O–H groups in total. The van der Waals surface area contributed by atoms with E-state index in [2.05, 4.69) is 12.2 Å². The highest BCUT2D eigenvalue weighted by atomic mass is 35.5. The van der Waals surface area contributed by atoms with Crippen LogP contribution in [0.25, 0.3) is 0 Å². The standard InChI is InChI=1S/C25H22ClNO4/c1-13-3-5-15(6-4-13)23(28)14(2)31-20-10-9-18(26)12-19(20)27-24(29)21-16-7-8-17(11-16)22(21)25(27)30/h3-10,12,14,16-17,21-22H,11H2,1-2H3/t14-,16-,17+,21-,22+/m0/s1. The lowest BCUT2D eigenvalue weighted by atomic mass is 9.85. The van der Waals surface area contributed by atoms with Crippen LogP contribution < -0.4 is 9.64 Å². The molecule has 2 aromatic rings. The van der Waals surface area contributed by atoms with E-state index in [0.717, 1.165) is 12.0 Å². The Labute approximate surface area is 185 Å². The minimum Gasteiger partial charge on any atom is -0.480 e. The number of aryl methyl sites for hydroxylation is 1. The number of imide groups is 1. The zero-order chi connectivity index (χ0) is 21.9. The smallest absolute Gasteiger partial charge is 0.238 e. The van der Waals surface area contributed by atoms with Gasteiger partial charge in [0.15, 0.2) is 6.10 Å². The highest BCUT2D eigenvalue weighted by Crippen LogP contribution is 2.54. The van der Waals surface area contributed by atoms with Gasteiger partial charge in [-0.05, 0) is 50.3 Å². The molecule has 2 fully saturated rings. The fraction of sp³-hybridized carbons (Fsp3) is 0.320. The van der Waals surface area contributed by atoms with Gasteiger partial charge in [0.25, 0.3) is 0 Å². The number of nitrogens with zero attached hydrogens (tertiary/aromatic N) is 1. The molecule has 158 valence electrons. The van der Waals surface area contributed by atoms with Crippen molar-refractivity contribution in [3.05, 3.63) is 70.8 Å². The van der Waals surface area contributed by atoms with E-state index < -0.39 is 6.10 Å². The first-order chi connectivity index (χ1) is 14.8. The monoisotopic (exact) mass is 435 g/mol. The first kappa shape index (κ1) is 20.0. The maximum atomic E-state index is 13.2. The Morgan fingerprint density at radius 2 is 1.65 bits per heavy atom. The largest absolute Gasteiger partial charge is 0.480 e. The number of allylic oxidation sites excluding steroid dienone is 2. The third-order valence-electron chi connectivity index (χ3n) is 6.64. The Morgan fingerprint density at radius 3 is 2.26 bits per heavy atom. The minimum atomic E-state index is -0.798. The summed E-state index contributed by atoms with van der Waals surface area (Å²) in [4.78, 5) is 40.5. The van der Waals surface area contributed by atoms with Crippen LogP contribution in [0.2, 0.25) is 5.02 Å². The Morgan fingerprint density at radius 1 is 1.03 bits per heavy atom. The predicted molar refractivity (Wildman–Crippen MR) is 117 cm³/mol. The number of ketones is 1. The quantitative estimate of drug-likeness (QED) is 0.391. The van der Waals surface area contributed by atoms with Gasteiger partial charge >= 0.3 is 0 Å². The summed E-state index contributed by atoms with van der Waals surface area (Å²) in [6.45, 7) is 3.61. The van der Waals surface area contributed by atoms with Crippen LogP contribution in [0, 0.1) is 30.6 Å². The van der Waals surface area contributed by atoms with Crippen LogP contribution in [0.5, 0.6) is 5.75 Å². The first-order valence-corrected chi connectivity index (χ1v) is 10.9. The van der Waals surface area contributed by atoms with Crippen molar-refractivity contribution in [3.63, 3.8) is 0 Å². The van der Waals surface area contributed by atoms with E-state index in [1.165, 1.54) is 4.90 Å². The van der Waals surface area contributed by atoms with Crippen molar-refractivity contribution in [2.75, 3.05) is 4.90 Å². The molecule has 0 aromatic heterocycles. The molecule has 6 heteroatoms. The molecule has 5 atom stereocenters. The van der Waals surface area contributed by atoms with Crippen LogP contribution in [0.3, 0.4) is 0 Å². The molecule has 0 spiro atoms. The second-order valence-corrected chi connectivity index (χ2v) is 9.05. The van der Waals surface area contributed by atoms with E-state index >= 15 is 0 Å². The Bertz CT molecular complexity index is 1090. The highest BCUT2D eigenvalue weighted by molar-refractivity contribution is 6.31. The summed E-state index contributed by atoms with van der Waals surface area (Å²) < 4.78 is 5.98. The minimum absolute atomic E-state index is 0.113. The predicted octanol–water partition coefficient (Wildman–Crippen LogP) is 4.61. The van der Waals surface area contributed by atoms with Gasteiger partial charge in [-0.3, -0.25) is 14.4 Å². The molecule has 1 heterocycles. The van der Waals surface area contributed by atoms with Crippen molar-refractivity contribution < 1.29 is 19.1 Å². The maximum absolute atomic E-state index is 13.2. The molecule has 1 aliphatic heterocycles. The van der Waals surface area contributed by atoms with Crippen molar-refractivity contribution in [1.29, 1.82) is 0 Å². The Hall–Kier alpha value is -2.92.